The van der Waals surface area contributed by atoms with Gasteiger partial charge in [-0.25, -0.2) is 0 Å². The van der Waals surface area contributed by atoms with E-state index >= 15 is 0 Å². The molecule has 0 amide bonds. The van der Waals surface area contributed by atoms with Gasteiger partial charge in [0.2, 0.25) is 0 Å². The summed E-state index contributed by atoms with van der Waals surface area (Å²) in [4.78, 5) is 11.2. The van der Waals surface area contributed by atoms with Crippen LogP contribution in [0.1, 0.15) is 17.9 Å². The molecule has 0 radical (unpaired) electrons. The predicted octanol–water partition coefficient (Wildman–Crippen LogP) is 1.46. The van der Waals surface area contributed by atoms with Gasteiger partial charge < -0.3 is 15.2 Å². The number of nitrogens with one attached hydrogen (secondary N) is 1. The summed E-state index contributed by atoms with van der Waals surface area (Å²) < 4.78 is 4.63. The Morgan fingerprint density at radius 2 is 2.47 bits per heavy atom. The topological polar surface area (TPSA) is 58.6 Å². The summed E-state index contributed by atoms with van der Waals surface area (Å²) in [7, 11) is 1.38. The van der Waals surface area contributed by atoms with Crippen molar-refractivity contribution in [2.75, 3.05) is 19.0 Å². The van der Waals surface area contributed by atoms with E-state index in [2.05, 4.69) is 10.1 Å². The number of rotatable bonds is 2. The molecule has 4 heteroatoms. The van der Waals surface area contributed by atoms with E-state index in [4.69, 9.17) is 0 Å². The monoisotopic (exact) mass is 207 g/mol. The molecular weight excluding hydrogens is 194 g/mol. The second-order valence-electron chi connectivity index (χ2n) is 3.60. The van der Waals surface area contributed by atoms with E-state index in [0.717, 1.165) is 11.3 Å². The van der Waals surface area contributed by atoms with Crippen molar-refractivity contribution in [3.8, 4) is 5.75 Å². The summed E-state index contributed by atoms with van der Waals surface area (Å²) in [5.41, 5.74) is 1.73. The molecule has 1 atom stereocenters. The first-order valence-electron chi connectivity index (χ1n) is 4.85. The average molecular weight is 207 g/mol. The van der Waals surface area contributed by atoms with Crippen molar-refractivity contribution in [1.82, 2.24) is 0 Å². The molecule has 0 aromatic heterocycles. The first-order valence-corrected chi connectivity index (χ1v) is 4.85. The summed E-state index contributed by atoms with van der Waals surface area (Å²) >= 11 is 0. The van der Waals surface area contributed by atoms with Gasteiger partial charge in [-0.1, -0.05) is 12.1 Å². The van der Waals surface area contributed by atoms with Crippen LogP contribution in [-0.2, 0) is 9.53 Å². The number of phenols is 1. The molecule has 0 saturated heterocycles. The van der Waals surface area contributed by atoms with Gasteiger partial charge in [-0.15, -0.1) is 0 Å². The molecule has 80 valence electrons. The van der Waals surface area contributed by atoms with Crippen LogP contribution in [0.25, 0.3) is 0 Å². The predicted molar refractivity (Wildman–Crippen MR) is 56.0 cm³/mol. The van der Waals surface area contributed by atoms with Gasteiger partial charge in [-0.3, -0.25) is 4.79 Å². The number of esters is 1. The van der Waals surface area contributed by atoms with Crippen LogP contribution < -0.4 is 5.32 Å². The quantitative estimate of drug-likeness (QED) is 0.569. The van der Waals surface area contributed by atoms with Crippen LogP contribution in [0.5, 0.6) is 5.75 Å². The zero-order valence-electron chi connectivity index (χ0n) is 8.49. The molecule has 1 aliphatic rings. The highest BCUT2D eigenvalue weighted by molar-refractivity contribution is 5.74. The molecular formula is C11H13NO3. The van der Waals surface area contributed by atoms with E-state index in [9.17, 15) is 9.90 Å². The van der Waals surface area contributed by atoms with Gasteiger partial charge in [0.15, 0.2) is 0 Å². The number of para-hydroxylation sites is 1. The number of hydrogen-bond acceptors (Lipinski definition) is 4. The molecule has 0 saturated carbocycles. The van der Waals surface area contributed by atoms with Crippen molar-refractivity contribution in [1.29, 1.82) is 0 Å². The highest BCUT2D eigenvalue weighted by Gasteiger charge is 2.26. The fraction of sp³-hybridized carbons (Fsp3) is 0.364. The molecule has 0 aliphatic carbocycles. The van der Waals surface area contributed by atoms with E-state index < -0.39 is 0 Å². The van der Waals surface area contributed by atoms with E-state index in [1.54, 1.807) is 12.1 Å². The van der Waals surface area contributed by atoms with Crippen LogP contribution in [0.2, 0.25) is 0 Å². The molecule has 1 aromatic carbocycles. The Morgan fingerprint density at radius 1 is 1.67 bits per heavy atom. The fourth-order valence-electron chi connectivity index (χ4n) is 1.89. The van der Waals surface area contributed by atoms with E-state index in [1.807, 2.05) is 6.07 Å². The SMILES string of the molecule is COC(=O)CC1CNc2c(O)cccc21. The number of anilines is 1. The van der Waals surface area contributed by atoms with Crippen LogP contribution in [0.4, 0.5) is 5.69 Å². The average Bonchev–Trinajstić information content (AvgIpc) is 2.63. The molecule has 0 bridgehead atoms. The Kier molecular flexibility index (Phi) is 2.49. The minimum atomic E-state index is -0.224. The van der Waals surface area contributed by atoms with Crippen LogP contribution >= 0.6 is 0 Å². The van der Waals surface area contributed by atoms with Crippen molar-refractivity contribution < 1.29 is 14.6 Å². The maximum atomic E-state index is 11.2. The smallest absolute Gasteiger partial charge is 0.306 e. The van der Waals surface area contributed by atoms with Gasteiger partial charge in [0.25, 0.3) is 0 Å². The zero-order valence-corrected chi connectivity index (χ0v) is 8.49. The number of phenolic OH excluding ortho intramolecular Hbond substituents is 1. The second kappa shape index (κ2) is 3.81. The third kappa shape index (κ3) is 1.75. The van der Waals surface area contributed by atoms with Crippen molar-refractivity contribution in [2.45, 2.75) is 12.3 Å². The lowest BCUT2D eigenvalue weighted by Crippen LogP contribution is -2.10. The number of carbonyl (C=O) groups excluding carboxylic acids is 1. The standard InChI is InChI=1S/C11H13NO3/c1-15-10(14)5-7-6-12-11-8(7)3-2-4-9(11)13/h2-4,7,12-13H,5-6H2,1H3. The summed E-state index contributed by atoms with van der Waals surface area (Å²) in [5.74, 6) is 0.109. The molecule has 1 aromatic rings. The maximum absolute atomic E-state index is 11.2. The number of aromatic hydroxyl groups is 1. The fourth-order valence-corrected chi connectivity index (χ4v) is 1.89. The molecule has 4 nitrogen and oxygen atoms in total. The minimum Gasteiger partial charge on any atom is -0.506 e. The van der Waals surface area contributed by atoms with Gasteiger partial charge >= 0.3 is 5.97 Å². The van der Waals surface area contributed by atoms with Gasteiger partial charge in [-0.2, -0.15) is 0 Å². The van der Waals surface area contributed by atoms with Gasteiger partial charge in [-0.05, 0) is 11.6 Å². The largest absolute Gasteiger partial charge is 0.506 e. The molecule has 1 heterocycles. The molecule has 15 heavy (non-hydrogen) atoms. The van der Waals surface area contributed by atoms with E-state index in [1.165, 1.54) is 7.11 Å². The van der Waals surface area contributed by atoms with E-state index in [0.29, 0.717) is 13.0 Å². The van der Waals surface area contributed by atoms with Gasteiger partial charge in [0.1, 0.15) is 5.75 Å². The number of hydrogen-bond donors (Lipinski definition) is 2. The number of methoxy groups -OCH3 is 1. The van der Waals surface area contributed by atoms with Crippen molar-refractivity contribution in [3.63, 3.8) is 0 Å². The van der Waals surface area contributed by atoms with Gasteiger partial charge in [0, 0.05) is 12.5 Å². The highest BCUT2D eigenvalue weighted by Crippen LogP contribution is 2.39. The number of ether oxygens (including phenoxy) is 1. The van der Waals surface area contributed by atoms with E-state index in [-0.39, 0.29) is 17.6 Å². The Labute approximate surface area is 87.9 Å². The third-order valence-corrected chi connectivity index (χ3v) is 2.68. The molecule has 2 rings (SSSR count). The molecule has 1 unspecified atom stereocenters. The lowest BCUT2D eigenvalue weighted by atomic mass is 9.98. The van der Waals surface area contributed by atoms with Crippen LogP contribution in [0.15, 0.2) is 18.2 Å². The summed E-state index contributed by atoms with van der Waals surface area (Å²) in [6.07, 6.45) is 0.347. The Morgan fingerprint density at radius 3 is 3.20 bits per heavy atom. The number of carbonyl (C=O) groups is 1. The molecule has 0 spiro atoms. The van der Waals surface area contributed by atoms with Gasteiger partial charge in [0.05, 0.1) is 19.2 Å². The molecule has 2 N–H and O–H groups in total. The molecule has 1 aliphatic heterocycles. The van der Waals surface area contributed by atoms with Crippen molar-refractivity contribution >= 4 is 11.7 Å². The molecule has 0 fully saturated rings. The number of benzene rings is 1. The Bertz CT molecular complexity index is 389. The summed E-state index contributed by atoms with van der Waals surface area (Å²) in [5, 5.41) is 12.7. The highest BCUT2D eigenvalue weighted by atomic mass is 16.5. The lowest BCUT2D eigenvalue weighted by Gasteiger charge is -2.08. The normalized spacial score (nSPS) is 18.1. The second-order valence-corrected chi connectivity index (χ2v) is 3.60. The summed E-state index contributed by atoms with van der Waals surface area (Å²) in [6.45, 7) is 0.669. The van der Waals surface area contributed by atoms with Crippen molar-refractivity contribution in [2.24, 2.45) is 0 Å². The zero-order chi connectivity index (χ0) is 10.8. The lowest BCUT2D eigenvalue weighted by molar-refractivity contribution is -0.140. The maximum Gasteiger partial charge on any atom is 0.306 e. The third-order valence-electron chi connectivity index (χ3n) is 2.68. The summed E-state index contributed by atoms with van der Waals surface area (Å²) in [6, 6.07) is 5.33. The van der Waals surface area contributed by atoms with Crippen molar-refractivity contribution in [3.05, 3.63) is 23.8 Å². The first kappa shape index (κ1) is 9.83. The Balaban J connectivity index is 2.21. The van der Waals surface area contributed by atoms with Crippen LogP contribution in [0, 0.1) is 0 Å². The van der Waals surface area contributed by atoms with Crippen LogP contribution in [0.3, 0.4) is 0 Å². The number of fused-ring (bicyclic) bond motifs is 1. The Hall–Kier alpha value is -1.71. The minimum absolute atomic E-state index is 0.0968. The van der Waals surface area contributed by atoms with Crippen LogP contribution in [-0.4, -0.2) is 24.7 Å². The first-order chi connectivity index (χ1) is 7.22.